The molecule has 0 atom stereocenters. The first-order valence-corrected chi connectivity index (χ1v) is 7.66. The van der Waals surface area contributed by atoms with E-state index in [9.17, 15) is 15.0 Å². The molecule has 22 heavy (non-hydrogen) atoms. The van der Waals surface area contributed by atoms with Crippen LogP contribution in [0.5, 0.6) is 11.6 Å². The Labute approximate surface area is 129 Å². The van der Waals surface area contributed by atoms with E-state index in [4.69, 9.17) is 0 Å². The largest absolute Gasteiger partial charge is 0.505 e. The van der Waals surface area contributed by atoms with E-state index in [2.05, 4.69) is 10.3 Å². The van der Waals surface area contributed by atoms with Crippen molar-refractivity contribution in [1.29, 1.82) is 0 Å². The lowest BCUT2D eigenvalue weighted by Gasteiger charge is -2.22. The highest BCUT2D eigenvalue weighted by molar-refractivity contribution is 6.07. The predicted octanol–water partition coefficient (Wildman–Crippen LogP) is 3.73. The Balaban J connectivity index is 1.69. The number of carbonyl (C=O) groups excluding carboxylic acids is 1. The van der Waals surface area contributed by atoms with Crippen LogP contribution in [0.2, 0.25) is 0 Å². The fourth-order valence-corrected chi connectivity index (χ4v) is 3.09. The molecule has 1 saturated carbocycles. The summed E-state index contributed by atoms with van der Waals surface area (Å²) in [7, 11) is 0. The lowest BCUT2D eigenvalue weighted by molar-refractivity contribution is 0.102. The van der Waals surface area contributed by atoms with Gasteiger partial charge >= 0.3 is 0 Å². The van der Waals surface area contributed by atoms with E-state index >= 15 is 0 Å². The molecule has 5 nitrogen and oxygen atoms in total. The Morgan fingerprint density at radius 2 is 1.77 bits per heavy atom. The van der Waals surface area contributed by atoms with Gasteiger partial charge in [-0.2, -0.15) is 0 Å². The number of rotatable bonds is 3. The molecule has 116 valence electrons. The van der Waals surface area contributed by atoms with Gasteiger partial charge in [-0.25, -0.2) is 0 Å². The fraction of sp³-hybridized carbons (Fsp3) is 0.353. The summed E-state index contributed by atoms with van der Waals surface area (Å²) in [6.07, 6.45) is 7.54. The number of anilines is 1. The molecule has 0 unspecified atom stereocenters. The van der Waals surface area contributed by atoms with Gasteiger partial charge in [-0.15, -0.1) is 0 Å². The molecule has 1 fully saturated rings. The van der Waals surface area contributed by atoms with Crippen molar-refractivity contribution in [3.05, 3.63) is 41.6 Å². The van der Waals surface area contributed by atoms with Crippen molar-refractivity contribution in [2.45, 2.75) is 38.0 Å². The SMILES string of the molecule is O=C(Nc1ccc(C2CCCCC2)cc1)c1c(O)c[nH]c1O. The van der Waals surface area contributed by atoms with Crippen molar-refractivity contribution < 1.29 is 15.0 Å². The Bertz CT molecular complexity index is 636. The van der Waals surface area contributed by atoms with E-state index < -0.39 is 5.91 Å². The second-order valence-corrected chi connectivity index (χ2v) is 5.81. The third-order valence-electron chi connectivity index (χ3n) is 4.31. The molecule has 1 aliphatic rings. The van der Waals surface area contributed by atoms with Crippen LogP contribution >= 0.6 is 0 Å². The molecule has 3 rings (SSSR count). The van der Waals surface area contributed by atoms with Gasteiger partial charge in [0.05, 0.1) is 0 Å². The van der Waals surface area contributed by atoms with E-state index in [1.165, 1.54) is 43.9 Å². The Morgan fingerprint density at radius 1 is 1.09 bits per heavy atom. The van der Waals surface area contributed by atoms with Crippen LogP contribution in [-0.4, -0.2) is 21.1 Å². The summed E-state index contributed by atoms with van der Waals surface area (Å²) >= 11 is 0. The number of hydrogen-bond acceptors (Lipinski definition) is 3. The van der Waals surface area contributed by atoms with Crippen LogP contribution in [0.15, 0.2) is 30.5 Å². The van der Waals surface area contributed by atoms with Gasteiger partial charge in [0, 0.05) is 11.9 Å². The summed E-state index contributed by atoms with van der Waals surface area (Å²) in [5.74, 6) is -0.527. The van der Waals surface area contributed by atoms with Crippen LogP contribution in [0.4, 0.5) is 5.69 Å². The molecule has 4 N–H and O–H groups in total. The first kappa shape index (κ1) is 14.5. The van der Waals surface area contributed by atoms with E-state index in [-0.39, 0.29) is 17.2 Å². The van der Waals surface area contributed by atoms with Crippen molar-refractivity contribution in [1.82, 2.24) is 4.98 Å². The number of benzene rings is 1. The molecular formula is C17H20N2O3. The molecule has 0 bridgehead atoms. The van der Waals surface area contributed by atoms with Crippen LogP contribution in [0.1, 0.15) is 53.9 Å². The van der Waals surface area contributed by atoms with Gasteiger partial charge < -0.3 is 20.5 Å². The number of aromatic nitrogens is 1. The second-order valence-electron chi connectivity index (χ2n) is 5.81. The summed E-state index contributed by atoms with van der Waals surface area (Å²) in [6, 6.07) is 7.82. The Hall–Kier alpha value is -2.43. The third kappa shape index (κ3) is 2.93. The molecule has 5 heteroatoms. The third-order valence-corrected chi connectivity index (χ3v) is 4.31. The second kappa shape index (κ2) is 6.13. The number of nitrogens with one attached hydrogen (secondary N) is 2. The van der Waals surface area contributed by atoms with Gasteiger partial charge in [0.1, 0.15) is 11.3 Å². The topological polar surface area (TPSA) is 85.4 Å². The predicted molar refractivity (Wildman–Crippen MR) is 84.3 cm³/mol. The summed E-state index contributed by atoms with van der Waals surface area (Å²) < 4.78 is 0. The summed E-state index contributed by atoms with van der Waals surface area (Å²) in [4.78, 5) is 14.5. The minimum absolute atomic E-state index is 0.142. The number of hydrogen-bond donors (Lipinski definition) is 4. The van der Waals surface area contributed by atoms with Gasteiger partial charge in [-0.1, -0.05) is 31.4 Å². The van der Waals surface area contributed by atoms with Gasteiger partial charge in [-0.3, -0.25) is 4.79 Å². The monoisotopic (exact) mass is 300 g/mol. The average Bonchev–Trinajstić information content (AvgIpc) is 2.88. The number of H-pyrrole nitrogens is 1. The van der Waals surface area contributed by atoms with Crippen molar-refractivity contribution in [2.75, 3.05) is 5.32 Å². The van der Waals surface area contributed by atoms with Crippen molar-refractivity contribution >= 4 is 11.6 Å². The number of aromatic amines is 1. The zero-order chi connectivity index (χ0) is 15.5. The van der Waals surface area contributed by atoms with Crippen molar-refractivity contribution in [3.8, 4) is 11.6 Å². The first-order valence-electron chi connectivity index (χ1n) is 7.66. The maximum Gasteiger partial charge on any atom is 0.264 e. The van der Waals surface area contributed by atoms with Gasteiger partial charge in [-0.05, 0) is 36.5 Å². The Kier molecular flexibility index (Phi) is 4.04. The van der Waals surface area contributed by atoms with E-state index in [1.54, 1.807) is 0 Å². The van der Waals surface area contributed by atoms with Gasteiger partial charge in [0.25, 0.3) is 5.91 Å². The molecule has 0 spiro atoms. The smallest absolute Gasteiger partial charge is 0.264 e. The van der Waals surface area contributed by atoms with Gasteiger partial charge in [0.2, 0.25) is 5.88 Å². The highest BCUT2D eigenvalue weighted by Gasteiger charge is 2.19. The maximum absolute atomic E-state index is 12.1. The van der Waals surface area contributed by atoms with Crippen molar-refractivity contribution in [2.24, 2.45) is 0 Å². The zero-order valence-corrected chi connectivity index (χ0v) is 12.3. The maximum atomic E-state index is 12.1. The average molecular weight is 300 g/mol. The minimum Gasteiger partial charge on any atom is -0.505 e. The molecule has 1 aromatic heterocycles. The molecule has 0 radical (unpaired) electrons. The highest BCUT2D eigenvalue weighted by atomic mass is 16.3. The van der Waals surface area contributed by atoms with Crippen LogP contribution in [-0.2, 0) is 0 Å². The number of aromatic hydroxyl groups is 2. The summed E-state index contributed by atoms with van der Waals surface area (Å²) in [6.45, 7) is 0. The van der Waals surface area contributed by atoms with Crippen LogP contribution in [0, 0.1) is 0 Å². The minimum atomic E-state index is -0.540. The summed E-state index contributed by atoms with van der Waals surface area (Å²) in [5.41, 5.74) is 1.81. The normalized spacial score (nSPS) is 15.6. The zero-order valence-electron chi connectivity index (χ0n) is 12.3. The molecule has 0 saturated heterocycles. The fourth-order valence-electron chi connectivity index (χ4n) is 3.09. The Morgan fingerprint density at radius 3 is 2.36 bits per heavy atom. The number of carbonyl (C=O) groups is 1. The molecule has 0 aliphatic heterocycles. The highest BCUT2D eigenvalue weighted by Crippen LogP contribution is 2.33. The van der Waals surface area contributed by atoms with E-state index in [1.807, 2.05) is 24.3 Å². The lowest BCUT2D eigenvalue weighted by atomic mass is 9.84. The van der Waals surface area contributed by atoms with E-state index in [0.717, 1.165) is 0 Å². The number of amides is 1. The quantitative estimate of drug-likeness (QED) is 0.697. The van der Waals surface area contributed by atoms with Crippen LogP contribution < -0.4 is 5.32 Å². The van der Waals surface area contributed by atoms with Crippen molar-refractivity contribution in [3.63, 3.8) is 0 Å². The first-order chi connectivity index (χ1) is 10.6. The van der Waals surface area contributed by atoms with Crippen LogP contribution in [0.3, 0.4) is 0 Å². The van der Waals surface area contributed by atoms with Gasteiger partial charge in [0.15, 0.2) is 0 Å². The summed E-state index contributed by atoms with van der Waals surface area (Å²) in [5, 5.41) is 21.7. The van der Waals surface area contributed by atoms with Crippen LogP contribution in [0.25, 0.3) is 0 Å². The molecule has 1 amide bonds. The van der Waals surface area contributed by atoms with E-state index in [0.29, 0.717) is 11.6 Å². The molecular weight excluding hydrogens is 280 g/mol. The molecule has 1 aromatic carbocycles. The standard InChI is InChI=1S/C17H20N2O3/c20-14-10-18-16(21)15(14)17(22)19-13-8-6-12(7-9-13)11-4-2-1-3-5-11/h6-11,18,20-21H,1-5H2,(H,19,22). The molecule has 1 heterocycles. The molecule has 2 aromatic rings. The molecule has 1 aliphatic carbocycles. The lowest BCUT2D eigenvalue weighted by Crippen LogP contribution is -2.11.